The summed E-state index contributed by atoms with van der Waals surface area (Å²) in [7, 11) is 0. The Hall–Kier alpha value is -1.88. The van der Waals surface area contributed by atoms with Gasteiger partial charge < -0.3 is 15.3 Å². The second-order valence-electron chi connectivity index (χ2n) is 6.83. The SMILES string of the molecule is O=C(N[C@H](CO)c1ccccc1)C1CCCN1C(=O)C1CCCC1. The van der Waals surface area contributed by atoms with Crippen molar-refractivity contribution in [2.45, 2.75) is 50.6 Å². The molecule has 0 radical (unpaired) electrons. The van der Waals surface area contributed by atoms with E-state index in [9.17, 15) is 14.7 Å². The quantitative estimate of drug-likeness (QED) is 0.868. The van der Waals surface area contributed by atoms with E-state index in [2.05, 4.69) is 5.32 Å². The van der Waals surface area contributed by atoms with Crippen molar-refractivity contribution < 1.29 is 14.7 Å². The molecule has 2 fully saturated rings. The van der Waals surface area contributed by atoms with Crippen molar-refractivity contribution in [3.05, 3.63) is 35.9 Å². The summed E-state index contributed by atoms with van der Waals surface area (Å²) in [6, 6.07) is 8.62. The summed E-state index contributed by atoms with van der Waals surface area (Å²) in [6.07, 6.45) is 5.70. The number of likely N-dealkylation sites (tertiary alicyclic amines) is 1. The maximum absolute atomic E-state index is 12.7. The Balaban J connectivity index is 1.65. The summed E-state index contributed by atoms with van der Waals surface area (Å²) in [4.78, 5) is 27.2. The number of hydrogen-bond acceptors (Lipinski definition) is 3. The molecule has 5 heteroatoms. The van der Waals surface area contributed by atoms with Gasteiger partial charge in [-0.25, -0.2) is 0 Å². The van der Waals surface area contributed by atoms with Crippen LogP contribution >= 0.6 is 0 Å². The van der Waals surface area contributed by atoms with Gasteiger partial charge in [-0.05, 0) is 31.2 Å². The number of benzene rings is 1. The predicted octanol–water partition coefficient (Wildman–Crippen LogP) is 2.02. The zero-order valence-corrected chi connectivity index (χ0v) is 14.0. The molecule has 1 aromatic rings. The number of hydrogen-bond donors (Lipinski definition) is 2. The highest BCUT2D eigenvalue weighted by molar-refractivity contribution is 5.89. The smallest absolute Gasteiger partial charge is 0.243 e. The molecule has 1 aromatic carbocycles. The van der Waals surface area contributed by atoms with Crippen LogP contribution < -0.4 is 5.32 Å². The Morgan fingerprint density at radius 1 is 1.12 bits per heavy atom. The van der Waals surface area contributed by atoms with Gasteiger partial charge in [0, 0.05) is 12.5 Å². The van der Waals surface area contributed by atoms with Crippen molar-refractivity contribution in [1.29, 1.82) is 0 Å². The van der Waals surface area contributed by atoms with E-state index in [1.165, 1.54) is 0 Å². The summed E-state index contributed by atoms with van der Waals surface area (Å²) >= 11 is 0. The topological polar surface area (TPSA) is 69.6 Å². The molecule has 1 aliphatic carbocycles. The van der Waals surface area contributed by atoms with E-state index >= 15 is 0 Å². The highest BCUT2D eigenvalue weighted by Gasteiger charge is 2.38. The van der Waals surface area contributed by atoms with Crippen LogP contribution in [0.15, 0.2) is 30.3 Å². The molecule has 3 rings (SSSR count). The molecule has 0 aromatic heterocycles. The van der Waals surface area contributed by atoms with Gasteiger partial charge in [-0.3, -0.25) is 9.59 Å². The van der Waals surface area contributed by atoms with Gasteiger partial charge in [0.05, 0.1) is 12.6 Å². The average Bonchev–Trinajstić information content (AvgIpc) is 3.31. The molecule has 1 saturated heterocycles. The van der Waals surface area contributed by atoms with Crippen LogP contribution in [0.5, 0.6) is 0 Å². The van der Waals surface area contributed by atoms with E-state index in [0.717, 1.165) is 37.7 Å². The van der Waals surface area contributed by atoms with E-state index in [-0.39, 0.29) is 24.3 Å². The lowest BCUT2D eigenvalue weighted by Crippen LogP contribution is -2.48. The largest absolute Gasteiger partial charge is 0.394 e. The lowest BCUT2D eigenvalue weighted by atomic mass is 10.0. The monoisotopic (exact) mass is 330 g/mol. The van der Waals surface area contributed by atoms with Crippen LogP contribution in [-0.2, 0) is 9.59 Å². The Kier molecular flexibility index (Phi) is 5.51. The molecule has 5 nitrogen and oxygen atoms in total. The Labute approximate surface area is 143 Å². The van der Waals surface area contributed by atoms with Crippen LogP contribution in [0.4, 0.5) is 0 Å². The number of nitrogens with zero attached hydrogens (tertiary/aromatic N) is 1. The number of carbonyl (C=O) groups is 2. The van der Waals surface area contributed by atoms with Crippen molar-refractivity contribution in [2.24, 2.45) is 5.92 Å². The molecular weight excluding hydrogens is 304 g/mol. The summed E-state index contributed by atoms with van der Waals surface area (Å²) in [5.74, 6) is 0.0910. The van der Waals surface area contributed by atoms with Crippen LogP contribution in [0.3, 0.4) is 0 Å². The van der Waals surface area contributed by atoms with Gasteiger partial charge in [0.1, 0.15) is 6.04 Å². The molecule has 130 valence electrons. The zero-order chi connectivity index (χ0) is 16.9. The third-order valence-electron chi connectivity index (χ3n) is 5.24. The second-order valence-corrected chi connectivity index (χ2v) is 6.83. The Morgan fingerprint density at radius 2 is 1.83 bits per heavy atom. The van der Waals surface area contributed by atoms with Crippen LogP contribution in [0.1, 0.15) is 50.1 Å². The number of aliphatic hydroxyl groups is 1. The minimum absolute atomic E-state index is 0.0983. The number of nitrogens with one attached hydrogen (secondary N) is 1. The molecule has 1 saturated carbocycles. The Morgan fingerprint density at radius 3 is 2.50 bits per heavy atom. The number of aliphatic hydroxyl groups excluding tert-OH is 1. The molecule has 1 heterocycles. The summed E-state index contributed by atoms with van der Waals surface area (Å²) in [5, 5.41) is 12.5. The molecular formula is C19H26N2O3. The van der Waals surface area contributed by atoms with Crippen molar-refractivity contribution in [1.82, 2.24) is 10.2 Å². The van der Waals surface area contributed by atoms with Crippen molar-refractivity contribution in [3.8, 4) is 0 Å². The fourth-order valence-electron chi connectivity index (χ4n) is 3.90. The van der Waals surface area contributed by atoms with Crippen LogP contribution in [0.25, 0.3) is 0 Å². The molecule has 2 N–H and O–H groups in total. The van der Waals surface area contributed by atoms with E-state index < -0.39 is 12.1 Å². The lowest BCUT2D eigenvalue weighted by Gasteiger charge is -2.28. The summed E-state index contributed by atoms with van der Waals surface area (Å²) in [6.45, 7) is 0.515. The zero-order valence-electron chi connectivity index (χ0n) is 14.0. The molecule has 24 heavy (non-hydrogen) atoms. The normalized spacial score (nSPS) is 22.5. The van der Waals surface area contributed by atoms with E-state index in [0.29, 0.717) is 13.0 Å². The van der Waals surface area contributed by atoms with Gasteiger partial charge in [-0.2, -0.15) is 0 Å². The highest BCUT2D eigenvalue weighted by atomic mass is 16.3. The number of amides is 2. The fraction of sp³-hybridized carbons (Fsp3) is 0.579. The maximum atomic E-state index is 12.7. The van der Waals surface area contributed by atoms with Gasteiger partial charge in [0.2, 0.25) is 11.8 Å². The van der Waals surface area contributed by atoms with Gasteiger partial charge in [-0.15, -0.1) is 0 Å². The number of carbonyl (C=O) groups excluding carboxylic acids is 2. The van der Waals surface area contributed by atoms with Crippen molar-refractivity contribution >= 4 is 11.8 Å². The van der Waals surface area contributed by atoms with Crippen molar-refractivity contribution in [2.75, 3.05) is 13.2 Å². The van der Waals surface area contributed by atoms with Crippen LogP contribution in [0.2, 0.25) is 0 Å². The molecule has 0 spiro atoms. The first-order chi connectivity index (χ1) is 11.7. The van der Waals surface area contributed by atoms with E-state index in [1.54, 1.807) is 4.90 Å². The van der Waals surface area contributed by atoms with E-state index in [1.807, 2.05) is 30.3 Å². The molecule has 2 atom stereocenters. The van der Waals surface area contributed by atoms with Gasteiger partial charge in [0.25, 0.3) is 0 Å². The van der Waals surface area contributed by atoms with Crippen LogP contribution in [-0.4, -0.2) is 41.0 Å². The van der Waals surface area contributed by atoms with Gasteiger partial charge >= 0.3 is 0 Å². The summed E-state index contributed by atoms with van der Waals surface area (Å²) < 4.78 is 0. The third kappa shape index (κ3) is 3.61. The standard InChI is InChI=1S/C19H26N2O3/c22-13-16(14-7-2-1-3-8-14)20-18(23)17-11-6-12-21(17)19(24)15-9-4-5-10-15/h1-3,7-8,15-17,22H,4-6,9-13H2,(H,20,23)/t16-,17?/m1/s1. The minimum atomic E-state index is -0.428. The molecule has 1 unspecified atom stereocenters. The molecule has 1 aliphatic heterocycles. The van der Waals surface area contributed by atoms with E-state index in [4.69, 9.17) is 0 Å². The lowest BCUT2D eigenvalue weighted by molar-refractivity contribution is -0.141. The first-order valence-electron chi connectivity index (χ1n) is 8.97. The van der Waals surface area contributed by atoms with Gasteiger partial charge in [0.15, 0.2) is 0 Å². The molecule has 2 amide bonds. The molecule has 0 bridgehead atoms. The van der Waals surface area contributed by atoms with Crippen molar-refractivity contribution in [3.63, 3.8) is 0 Å². The van der Waals surface area contributed by atoms with Crippen LogP contribution in [0, 0.1) is 5.92 Å². The maximum Gasteiger partial charge on any atom is 0.243 e. The second kappa shape index (κ2) is 7.79. The van der Waals surface area contributed by atoms with Gasteiger partial charge in [-0.1, -0.05) is 43.2 Å². The third-order valence-corrected chi connectivity index (χ3v) is 5.24. The average molecular weight is 330 g/mol. The minimum Gasteiger partial charge on any atom is -0.394 e. The summed E-state index contributed by atoms with van der Waals surface area (Å²) in [5.41, 5.74) is 0.875. The Bertz CT molecular complexity index is 569. The first kappa shape index (κ1) is 17.0. The highest BCUT2D eigenvalue weighted by Crippen LogP contribution is 2.30. The fourth-order valence-corrected chi connectivity index (χ4v) is 3.90. The first-order valence-corrected chi connectivity index (χ1v) is 8.97. The molecule has 2 aliphatic rings. The predicted molar refractivity (Wildman–Crippen MR) is 91.1 cm³/mol. The number of rotatable bonds is 5.